The van der Waals surface area contributed by atoms with E-state index in [1.54, 1.807) is 7.11 Å². The maximum atomic E-state index is 10.6. The smallest absolute Gasteiger partial charge is 0.345 e. The van der Waals surface area contributed by atoms with E-state index >= 15 is 0 Å². The van der Waals surface area contributed by atoms with Gasteiger partial charge < -0.3 is 10.1 Å². The quantitative estimate of drug-likeness (QED) is 0.662. The van der Waals surface area contributed by atoms with Crippen molar-refractivity contribution in [3.63, 3.8) is 0 Å². The molecule has 94 valence electrons. The van der Waals surface area contributed by atoms with E-state index in [2.05, 4.69) is 10.3 Å². The zero-order chi connectivity index (χ0) is 12.3. The first kappa shape index (κ1) is 12.3. The summed E-state index contributed by atoms with van der Waals surface area (Å²) in [6.07, 6.45) is 5.84. The van der Waals surface area contributed by atoms with Crippen molar-refractivity contribution in [1.29, 1.82) is 0 Å². The minimum Gasteiger partial charge on any atom is -0.379 e. The largest absolute Gasteiger partial charge is 0.379 e. The Morgan fingerprint density at radius 2 is 2.35 bits per heavy atom. The number of thiazole rings is 1. The molecular formula is C10H15N3O3S. The van der Waals surface area contributed by atoms with Gasteiger partial charge in [-0.1, -0.05) is 12.8 Å². The number of nitrogens with zero attached hydrogens (tertiary/aromatic N) is 2. The molecule has 1 aromatic heterocycles. The molecule has 0 spiro atoms. The van der Waals surface area contributed by atoms with E-state index in [1.807, 2.05) is 0 Å². The molecule has 1 fully saturated rings. The van der Waals surface area contributed by atoms with E-state index in [9.17, 15) is 10.1 Å². The van der Waals surface area contributed by atoms with Crippen molar-refractivity contribution in [2.24, 2.45) is 0 Å². The molecule has 0 radical (unpaired) electrons. The molecule has 1 saturated carbocycles. The van der Waals surface area contributed by atoms with Crippen LogP contribution in [0.2, 0.25) is 0 Å². The number of methoxy groups -OCH3 is 1. The third-order valence-corrected chi connectivity index (χ3v) is 3.87. The van der Waals surface area contributed by atoms with Crippen LogP contribution in [0.15, 0.2) is 6.20 Å². The van der Waals surface area contributed by atoms with Gasteiger partial charge in [-0.3, -0.25) is 10.1 Å². The highest BCUT2D eigenvalue weighted by molar-refractivity contribution is 7.18. The summed E-state index contributed by atoms with van der Waals surface area (Å²) in [5.74, 6) is 0. The lowest BCUT2D eigenvalue weighted by molar-refractivity contribution is -0.380. The number of aromatic nitrogens is 1. The maximum absolute atomic E-state index is 10.6. The Morgan fingerprint density at radius 1 is 1.59 bits per heavy atom. The molecule has 0 aromatic carbocycles. The number of hydrogen-bond acceptors (Lipinski definition) is 6. The van der Waals surface area contributed by atoms with Gasteiger partial charge in [0.1, 0.15) is 6.20 Å². The van der Waals surface area contributed by atoms with Crippen LogP contribution in [-0.4, -0.2) is 29.2 Å². The number of anilines is 1. The van der Waals surface area contributed by atoms with Crippen LogP contribution < -0.4 is 5.32 Å². The van der Waals surface area contributed by atoms with Crippen LogP contribution in [0.4, 0.5) is 10.1 Å². The number of rotatable bonds is 4. The minimum atomic E-state index is -0.419. The molecular weight excluding hydrogens is 242 g/mol. The molecule has 1 aliphatic rings. The van der Waals surface area contributed by atoms with Crippen LogP contribution in [0.5, 0.6) is 0 Å². The highest BCUT2D eigenvalue weighted by Gasteiger charge is 2.26. The molecule has 0 bridgehead atoms. The van der Waals surface area contributed by atoms with Gasteiger partial charge in [0.05, 0.1) is 17.1 Å². The maximum Gasteiger partial charge on any atom is 0.345 e. The second-order valence-electron chi connectivity index (χ2n) is 4.07. The minimum absolute atomic E-state index is 0.0669. The second-order valence-corrected chi connectivity index (χ2v) is 5.08. The first-order valence-corrected chi connectivity index (χ1v) is 6.42. The summed E-state index contributed by atoms with van der Waals surface area (Å²) < 4.78 is 5.41. The first-order chi connectivity index (χ1) is 8.20. The van der Waals surface area contributed by atoms with Crippen LogP contribution in [0.3, 0.4) is 0 Å². The Hall–Kier alpha value is -1.21. The SMILES string of the molecule is CO[C@H]1CCCC[C@@H]1Nc1ncc([N+](=O)[O-])s1. The monoisotopic (exact) mass is 257 g/mol. The second kappa shape index (κ2) is 5.42. The summed E-state index contributed by atoms with van der Waals surface area (Å²) in [5.41, 5.74) is 0. The highest BCUT2D eigenvalue weighted by Crippen LogP contribution is 2.29. The van der Waals surface area contributed by atoms with Crippen molar-refractivity contribution in [1.82, 2.24) is 4.98 Å². The number of nitrogens with one attached hydrogen (secondary N) is 1. The molecule has 1 aromatic rings. The van der Waals surface area contributed by atoms with E-state index in [0.29, 0.717) is 5.13 Å². The average molecular weight is 257 g/mol. The standard InChI is InChI=1S/C10H15N3O3S/c1-16-8-5-3-2-4-7(8)12-10-11-6-9(17-10)13(14)15/h6-8H,2-5H2,1H3,(H,11,12)/t7-,8-/m0/s1. The normalized spacial score (nSPS) is 24.5. The van der Waals surface area contributed by atoms with Crippen molar-refractivity contribution in [3.8, 4) is 0 Å². The fourth-order valence-electron chi connectivity index (χ4n) is 2.12. The Balaban J connectivity index is 2.00. The predicted molar refractivity (Wildman–Crippen MR) is 65.4 cm³/mol. The van der Waals surface area contributed by atoms with Crippen LogP contribution >= 0.6 is 11.3 Å². The van der Waals surface area contributed by atoms with Crippen LogP contribution in [-0.2, 0) is 4.74 Å². The molecule has 17 heavy (non-hydrogen) atoms. The number of hydrogen-bond donors (Lipinski definition) is 1. The molecule has 1 N–H and O–H groups in total. The molecule has 1 aliphatic carbocycles. The lowest BCUT2D eigenvalue weighted by atomic mass is 9.92. The van der Waals surface area contributed by atoms with Gasteiger partial charge in [-0.25, -0.2) is 4.98 Å². The Morgan fingerprint density at radius 3 is 3.00 bits per heavy atom. The lowest BCUT2D eigenvalue weighted by Gasteiger charge is -2.30. The number of ether oxygens (including phenoxy) is 1. The molecule has 0 aliphatic heterocycles. The Bertz CT molecular complexity index is 396. The third-order valence-electron chi connectivity index (χ3n) is 2.99. The van der Waals surface area contributed by atoms with Crippen LogP contribution in [0.25, 0.3) is 0 Å². The van der Waals surface area contributed by atoms with Crippen molar-refractivity contribution in [2.75, 3.05) is 12.4 Å². The fraction of sp³-hybridized carbons (Fsp3) is 0.700. The summed E-state index contributed by atoms with van der Waals surface area (Å²) in [6.45, 7) is 0. The van der Waals surface area contributed by atoms with Gasteiger partial charge in [-0.05, 0) is 24.2 Å². The van der Waals surface area contributed by atoms with E-state index in [0.717, 1.165) is 30.6 Å². The van der Waals surface area contributed by atoms with Gasteiger partial charge in [0.2, 0.25) is 0 Å². The molecule has 7 heteroatoms. The summed E-state index contributed by atoms with van der Waals surface area (Å²) >= 11 is 1.07. The van der Waals surface area contributed by atoms with Gasteiger partial charge in [-0.2, -0.15) is 0 Å². The van der Waals surface area contributed by atoms with Crippen molar-refractivity contribution < 1.29 is 9.66 Å². The average Bonchev–Trinajstić information content (AvgIpc) is 2.78. The Labute approximate surface area is 103 Å². The Kier molecular flexibility index (Phi) is 3.90. The van der Waals surface area contributed by atoms with E-state index in [-0.39, 0.29) is 17.1 Å². The first-order valence-electron chi connectivity index (χ1n) is 5.60. The molecule has 2 rings (SSSR count). The molecule has 0 saturated heterocycles. The fourth-order valence-corrected chi connectivity index (χ4v) is 2.81. The van der Waals surface area contributed by atoms with Gasteiger partial charge in [-0.15, -0.1) is 0 Å². The summed E-state index contributed by atoms with van der Waals surface area (Å²) in [5, 5.41) is 14.5. The lowest BCUT2D eigenvalue weighted by Crippen LogP contribution is -2.37. The predicted octanol–water partition coefficient (Wildman–Crippen LogP) is 2.42. The zero-order valence-electron chi connectivity index (χ0n) is 9.59. The summed E-state index contributed by atoms with van der Waals surface area (Å²) in [6, 6.07) is 0.208. The van der Waals surface area contributed by atoms with E-state index in [4.69, 9.17) is 4.74 Å². The van der Waals surface area contributed by atoms with Gasteiger partial charge in [0.15, 0.2) is 5.13 Å². The summed E-state index contributed by atoms with van der Waals surface area (Å²) in [4.78, 5) is 14.1. The van der Waals surface area contributed by atoms with Gasteiger partial charge in [0.25, 0.3) is 0 Å². The van der Waals surface area contributed by atoms with E-state index in [1.165, 1.54) is 12.6 Å². The number of nitro groups is 1. The van der Waals surface area contributed by atoms with Crippen LogP contribution in [0, 0.1) is 10.1 Å². The van der Waals surface area contributed by atoms with Gasteiger partial charge >= 0.3 is 5.00 Å². The highest BCUT2D eigenvalue weighted by atomic mass is 32.1. The van der Waals surface area contributed by atoms with Gasteiger partial charge in [0, 0.05) is 7.11 Å². The van der Waals surface area contributed by atoms with Crippen molar-refractivity contribution in [3.05, 3.63) is 16.3 Å². The zero-order valence-corrected chi connectivity index (χ0v) is 10.4. The summed E-state index contributed by atoms with van der Waals surface area (Å²) in [7, 11) is 1.70. The third kappa shape index (κ3) is 2.92. The van der Waals surface area contributed by atoms with Crippen molar-refractivity contribution >= 4 is 21.5 Å². The molecule has 1 heterocycles. The molecule has 6 nitrogen and oxygen atoms in total. The molecule has 0 amide bonds. The van der Waals surface area contributed by atoms with Crippen LogP contribution in [0.1, 0.15) is 25.7 Å². The van der Waals surface area contributed by atoms with Crippen molar-refractivity contribution in [2.45, 2.75) is 37.8 Å². The topological polar surface area (TPSA) is 77.3 Å². The molecule has 0 unspecified atom stereocenters. The van der Waals surface area contributed by atoms with E-state index < -0.39 is 4.92 Å². The molecule has 2 atom stereocenters.